The lowest BCUT2D eigenvalue weighted by atomic mass is 9.76. The summed E-state index contributed by atoms with van der Waals surface area (Å²) in [5.41, 5.74) is 4.51. The average molecular weight is 597 g/mol. The lowest BCUT2D eigenvalue weighted by Gasteiger charge is -2.47. The molecule has 4 aromatic rings. The molecule has 228 valence electrons. The molecule has 0 radical (unpaired) electrons. The van der Waals surface area contributed by atoms with Crippen molar-refractivity contribution in [3.05, 3.63) is 83.4 Å². The van der Waals surface area contributed by atoms with Crippen LogP contribution < -0.4 is 10.6 Å². The van der Waals surface area contributed by atoms with E-state index in [-0.39, 0.29) is 23.4 Å². The van der Waals surface area contributed by atoms with E-state index in [1.807, 2.05) is 37.4 Å². The Morgan fingerprint density at radius 2 is 1.82 bits per heavy atom. The van der Waals surface area contributed by atoms with Gasteiger partial charge in [-0.15, -0.1) is 0 Å². The number of carbonyl (C=O) groups excluding carboxylic acids is 2. The number of pyridine rings is 1. The Bertz CT molecular complexity index is 1680. The van der Waals surface area contributed by atoms with Gasteiger partial charge in [-0.25, -0.2) is 4.39 Å². The number of halogens is 1. The molecule has 3 fully saturated rings. The second kappa shape index (κ2) is 11.6. The minimum Gasteiger partial charge on any atom is -0.382 e. The van der Waals surface area contributed by atoms with Gasteiger partial charge in [-0.2, -0.15) is 5.10 Å². The molecule has 0 bridgehead atoms. The maximum Gasteiger partial charge on any atom is 0.257 e. The van der Waals surface area contributed by atoms with Crippen LogP contribution >= 0.6 is 0 Å². The van der Waals surface area contributed by atoms with Crippen molar-refractivity contribution in [1.82, 2.24) is 19.7 Å². The predicted molar refractivity (Wildman–Crippen MR) is 166 cm³/mol. The number of ether oxygens (including phenoxy) is 1. The zero-order valence-corrected chi connectivity index (χ0v) is 25.0. The lowest BCUT2D eigenvalue weighted by Crippen LogP contribution is -2.55. The van der Waals surface area contributed by atoms with Gasteiger partial charge in [0.15, 0.2) is 0 Å². The number of fused-ring (bicyclic) bond motifs is 2. The van der Waals surface area contributed by atoms with Crippen molar-refractivity contribution in [2.75, 3.05) is 23.8 Å². The number of piperidine rings is 1. The van der Waals surface area contributed by atoms with Crippen LogP contribution in [0.5, 0.6) is 0 Å². The summed E-state index contributed by atoms with van der Waals surface area (Å²) in [4.78, 5) is 34.8. The molecule has 4 atom stereocenters. The molecule has 0 spiro atoms. The van der Waals surface area contributed by atoms with Gasteiger partial charge in [0, 0.05) is 24.7 Å². The molecule has 2 unspecified atom stereocenters. The normalized spacial score (nSPS) is 23.6. The van der Waals surface area contributed by atoms with Gasteiger partial charge >= 0.3 is 0 Å². The highest BCUT2D eigenvalue weighted by molar-refractivity contribution is 5.99. The zero-order chi connectivity index (χ0) is 30.4. The minimum atomic E-state index is -0.626. The Labute approximate surface area is 255 Å². The maximum absolute atomic E-state index is 15.3. The lowest BCUT2D eigenvalue weighted by molar-refractivity contribution is -0.124. The standard InChI is InChI=1S/C34H37FN6O3/c1-20-6-5-9-27(35)31(20)34(43)41-30-19-44-18-22(30)14-26(33(42)39-25-15-29-28(36-16-25)17-37-40(29)2)32(41)21-10-12-24(13-11-21)38-23-7-3-4-8-23/h5-6,9-13,15-17,22-23,26,30,32,38H,3-4,7-8,14,18-19H2,1-2H3,(H,39,42)/t22-,26?,30+,32?/m1/s1. The summed E-state index contributed by atoms with van der Waals surface area (Å²) in [7, 11) is 1.83. The van der Waals surface area contributed by atoms with Gasteiger partial charge in [0.05, 0.1) is 60.4 Å². The first-order valence-corrected chi connectivity index (χ1v) is 15.5. The molecule has 1 aliphatic carbocycles. The summed E-state index contributed by atoms with van der Waals surface area (Å²) in [6, 6.07) is 14.1. The van der Waals surface area contributed by atoms with Crippen LogP contribution in [0.4, 0.5) is 15.8 Å². The molecular weight excluding hydrogens is 559 g/mol. The third-order valence-corrected chi connectivity index (χ3v) is 9.61. The van der Waals surface area contributed by atoms with E-state index >= 15 is 4.39 Å². The van der Waals surface area contributed by atoms with Crippen molar-refractivity contribution < 1.29 is 18.7 Å². The van der Waals surface area contributed by atoms with Gasteiger partial charge in [0.25, 0.3) is 5.91 Å². The molecule has 2 aliphatic heterocycles. The van der Waals surface area contributed by atoms with Crippen molar-refractivity contribution >= 4 is 34.2 Å². The molecular formula is C34H37FN6O3. The summed E-state index contributed by atoms with van der Waals surface area (Å²) in [5.74, 6) is -1.87. The van der Waals surface area contributed by atoms with Crippen molar-refractivity contribution in [3.63, 3.8) is 0 Å². The molecule has 4 heterocycles. The molecule has 1 saturated carbocycles. The molecule has 7 rings (SSSR count). The van der Waals surface area contributed by atoms with Crippen LogP contribution in [0.1, 0.15) is 59.6 Å². The molecule has 3 aliphatic rings. The van der Waals surface area contributed by atoms with Crippen LogP contribution in [0, 0.1) is 24.6 Å². The number of anilines is 2. The highest BCUT2D eigenvalue weighted by Crippen LogP contribution is 2.46. The van der Waals surface area contributed by atoms with E-state index in [0.717, 1.165) is 35.1 Å². The van der Waals surface area contributed by atoms with Crippen molar-refractivity contribution in [2.24, 2.45) is 18.9 Å². The van der Waals surface area contributed by atoms with Gasteiger partial charge in [0.1, 0.15) is 11.3 Å². The van der Waals surface area contributed by atoms with Crippen molar-refractivity contribution in [1.29, 1.82) is 0 Å². The Kier molecular flexibility index (Phi) is 7.53. The maximum atomic E-state index is 15.3. The van der Waals surface area contributed by atoms with Crippen LogP contribution in [0.25, 0.3) is 11.0 Å². The van der Waals surface area contributed by atoms with E-state index < -0.39 is 23.7 Å². The number of nitrogens with zero attached hydrogens (tertiary/aromatic N) is 4. The fourth-order valence-electron chi connectivity index (χ4n) is 7.34. The van der Waals surface area contributed by atoms with Gasteiger partial charge < -0.3 is 20.3 Å². The molecule has 2 saturated heterocycles. The topological polar surface area (TPSA) is 101 Å². The smallest absolute Gasteiger partial charge is 0.257 e. The third kappa shape index (κ3) is 5.21. The quantitative estimate of drug-likeness (QED) is 0.299. The van der Waals surface area contributed by atoms with Crippen LogP contribution in [-0.4, -0.2) is 56.8 Å². The first kappa shape index (κ1) is 28.5. The second-order valence-electron chi connectivity index (χ2n) is 12.4. The van der Waals surface area contributed by atoms with E-state index in [0.29, 0.717) is 36.9 Å². The number of aryl methyl sites for hydroxylation is 2. The zero-order valence-electron chi connectivity index (χ0n) is 25.0. The predicted octanol–water partition coefficient (Wildman–Crippen LogP) is 5.63. The number of hydrogen-bond acceptors (Lipinski definition) is 6. The van der Waals surface area contributed by atoms with E-state index in [9.17, 15) is 9.59 Å². The number of aromatic nitrogens is 3. The van der Waals surface area contributed by atoms with Crippen molar-refractivity contribution in [2.45, 2.75) is 57.2 Å². The molecule has 44 heavy (non-hydrogen) atoms. The number of rotatable bonds is 6. The minimum absolute atomic E-state index is 0.0367. The molecule has 10 heteroatoms. The number of carbonyl (C=O) groups is 2. The number of nitrogens with one attached hydrogen (secondary N) is 2. The molecule has 2 aromatic carbocycles. The molecule has 2 N–H and O–H groups in total. The van der Waals surface area contributed by atoms with Crippen LogP contribution in [-0.2, 0) is 16.6 Å². The first-order valence-electron chi connectivity index (χ1n) is 15.5. The number of benzene rings is 2. The summed E-state index contributed by atoms with van der Waals surface area (Å²) in [6.07, 6.45) is 8.60. The Morgan fingerprint density at radius 1 is 1.02 bits per heavy atom. The summed E-state index contributed by atoms with van der Waals surface area (Å²) >= 11 is 0. The fraction of sp³-hybridized carbons (Fsp3) is 0.412. The Hall–Kier alpha value is -4.31. The van der Waals surface area contributed by atoms with Gasteiger partial charge in [-0.3, -0.25) is 19.3 Å². The Morgan fingerprint density at radius 3 is 2.59 bits per heavy atom. The average Bonchev–Trinajstić information content (AvgIpc) is 3.79. The highest BCUT2D eigenvalue weighted by atomic mass is 19.1. The van der Waals surface area contributed by atoms with E-state index in [2.05, 4.69) is 20.7 Å². The SMILES string of the molecule is Cc1cccc(F)c1C(=O)N1C(c2ccc(NC3CCCC3)cc2)C(C(=O)Nc2cnc3cnn(C)c3c2)C[C@@H]2COC[C@@H]21. The van der Waals surface area contributed by atoms with E-state index in [1.165, 1.54) is 18.9 Å². The fourth-order valence-corrected chi connectivity index (χ4v) is 7.34. The second-order valence-corrected chi connectivity index (χ2v) is 12.4. The first-order chi connectivity index (χ1) is 21.4. The summed E-state index contributed by atoms with van der Waals surface area (Å²) < 4.78 is 22.9. The Balaban J connectivity index is 1.27. The van der Waals surface area contributed by atoms with Crippen LogP contribution in [0.3, 0.4) is 0 Å². The summed E-state index contributed by atoms with van der Waals surface area (Å²) in [5, 5.41) is 11.0. The highest BCUT2D eigenvalue weighted by Gasteiger charge is 2.51. The molecule has 9 nitrogen and oxygen atoms in total. The number of hydrogen-bond donors (Lipinski definition) is 2. The van der Waals surface area contributed by atoms with E-state index in [4.69, 9.17) is 4.74 Å². The number of amides is 2. The van der Waals surface area contributed by atoms with Gasteiger partial charge in [-0.1, -0.05) is 37.1 Å². The van der Waals surface area contributed by atoms with Gasteiger partial charge in [-0.05, 0) is 61.6 Å². The molecule has 2 aromatic heterocycles. The summed E-state index contributed by atoms with van der Waals surface area (Å²) in [6.45, 7) is 2.53. The van der Waals surface area contributed by atoms with Crippen LogP contribution in [0.2, 0.25) is 0 Å². The third-order valence-electron chi connectivity index (χ3n) is 9.61. The van der Waals surface area contributed by atoms with Gasteiger partial charge in [0.2, 0.25) is 5.91 Å². The van der Waals surface area contributed by atoms with E-state index in [1.54, 1.807) is 41.0 Å². The van der Waals surface area contributed by atoms with Crippen LogP contribution in [0.15, 0.2) is 60.9 Å². The molecule has 2 amide bonds. The largest absolute Gasteiger partial charge is 0.382 e. The van der Waals surface area contributed by atoms with Crippen molar-refractivity contribution in [3.8, 4) is 0 Å². The number of likely N-dealkylation sites (tertiary alicyclic amines) is 1. The monoisotopic (exact) mass is 596 g/mol.